The lowest BCUT2D eigenvalue weighted by Gasteiger charge is -2.19. The molecule has 56 heavy (non-hydrogen) atoms. The van der Waals surface area contributed by atoms with Gasteiger partial charge in [-0.15, -0.1) is 0 Å². The molecule has 316 valence electrons. The molecule has 0 rings (SSSR count). The fraction of sp³-hybridized carbons (Fsp3) is 0.578. The molecule has 0 aromatic rings. The van der Waals surface area contributed by atoms with E-state index in [1.54, 1.807) is 12.2 Å². The first-order valence-corrected chi connectivity index (χ1v) is 22.2. The molecule has 1 unspecified atom stereocenters. The van der Waals surface area contributed by atoms with Crippen molar-refractivity contribution >= 4 is 25.5 Å². The van der Waals surface area contributed by atoms with E-state index in [0.717, 1.165) is 57.8 Å². The van der Waals surface area contributed by atoms with Gasteiger partial charge < -0.3 is 20.1 Å². The minimum Gasteiger partial charge on any atom is -0.462 e. The third-order valence-corrected chi connectivity index (χ3v) is 8.90. The molecule has 0 heterocycles. The van der Waals surface area contributed by atoms with Crippen LogP contribution in [0.25, 0.3) is 0 Å². The molecule has 0 aromatic carbocycles. The lowest BCUT2D eigenvalue weighted by Crippen LogP contribution is -2.29. The molecule has 0 fully saturated rings. The van der Waals surface area contributed by atoms with Crippen molar-refractivity contribution in [1.82, 2.24) is 0 Å². The molecule has 0 aliphatic carbocycles. The van der Waals surface area contributed by atoms with Gasteiger partial charge in [0.25, 0.3) is 0 Å². The Morgan fingerprint density at radius 2 is 1.09 bits per heavy atom. The third kappa shape index (κ3) is 38.9. The maximum absolute atomic E-state index is 12.5. The number of hydrogen-bond donors (Lipinski definition) is 2. The summed E-state index contributed by atoms with van der Waals surface area (Å²) in [4.78, 5) is 46.5. The molecule has 0 aliphatic rings. The zero-order valence-electron chi connectivity index (χ0n) is 34.3. The van der Waals surface area contributed by atoms with Crippen LogP contribution in [0, 0.1) is 0 Å². The van der Waals surface area contributed by atoms with Crippen LogP contribution >= 0.6 is 7.82 Å². The van der Waals surface area contributed by atoms with Crippen LogP contribution in [-0.4, -0.2) is 55.1 Å². The number of rotatable bonds is 37. The van der Waals surface area contributed by atoms with Crippen LogP contribution in [0.4, 0.5) is 0 Å². The van der Waals surface area contributed by atoms with Gasteiger partial charge in [-0.2, -0.15) is 0 Å². The Bertz CT molecular complexity index is 1300. The summed E-state index contributed by atoms with van der Waals surface area (Å²) in [5.41, 5.74) is 5.33. The first-order chi connectivity index (χ1) is 27.2. The number of phosphoric acid groups is 1. The molecule has 0 radical (unpaired) electrons. The minimum absolute atomic E-state index is 0.0229. The molecule has 3 N–H and O–H groups in total. The zero-order valence-corrected chi connectivity index (χ0v) is 35.2. The van der Waals surface area contributed by atoms with E-state index >= 15 is 0 Å². The van der Waals surface area contributed by atoms with E-state index < -0.39 is 32.5 Å². The van der Waals surface area contributed by atoms with E-state index in [-0.39, 0.29) is 38.4 Å². The highest BCUT2D eigenvalue weighted by Gasteiger charge is 2.25. The zero-order chi connectivity index (χ0) is 41.2. The quantitative estimate of drug-likeness (QED) is 0.0155. The fourth-order valence-electron chi connectivity index (χ4n) is 4.81. The number of ether oxygens (including phenoxy) is 2. The smallest absolute Gasteiger partial charge is 0.462 e. The summed E-state index contributed by atoms with van der Waals surface area (Å²) in [5, 5.41) is 0. The van der Waals surface area contributed by atoms with Crippen molar-refractivity contribution < 1.29 is 42.4 Å². The number of hydrogen-bond acceptors (Lipinski definition) is 9. The van der Waals surface area contributed by atoms with Crippen molar-refractivity contribution in [3.8, 4) is 0 Å². The van der Waals surface area contributed by atoms with E-state index in [4.69, 9.17) is 24.3 Å². The van der Waals surface area contributed by atoms with Crippen molar-refractivity contribution in [3.63, 3.8) is 0 Å². The number of nitrogens with two attached hydrogens (primary N) is 1. The number of allylic oxidation sites excluding steroid dienone is 16. The average molecular weight is 802 g/mol. The lowest BCUT2D eigenvalue weighted by atomic mass is 10.1. The van der Waals surface area contributed by atoms with Crippen molar-refractivity contribution in [2.24, 2.45) is 5.73 Å². The Hall–Kier alpha value is -3.40. The Morgan fingerprint density at radius 1 is 0.589 bits per heavy atom. The predicted octanol–water partition coefficient (Wildman–Crippen LogP) is 11.0. The maximum atomic E-state index is 12.5. The van der Waals surface area contributed by atoms with E-state index in [1.807, 2.05) is 30.4 Å². The van der Waals surface area contributed by atoms with Gasteiger partial charge in [-0.1, -0.05) is 131 Å². The van der Waals surface area contributed by atoms with E-state index in [2.05, 4.69) is 68.5 Å². The van der Waals surface area contributed by atoms with Crippen LogP contribution in [0.3, 0.4) is 0 Å². The standard InChI is InChI=1S/C45H72NO9P/c1-3-5-7-8-9-10-11-12-13-14-15-16-19-23-26-29-33-37-45(49)55-43(41-54-56(50,51)53-39-38-46)40-52-44(48)36-32-28-25-22-20-17-18-21-24-27-31-35-42(47)34-30-6-4-2/h9-10,12-13,15-18,22-27,31,35,43H,3-8,11,14,19-21,28-30,32-34,36-41,46H2,1-2H3,(H,50,51)/b10-9-,13-12-,16-15-,18-17-,25-22-,26-23-,27-24-,35-31+/t43-/m1/s1. The molecular weight excluding hydrogens is 729 g/mol. The van der Waals surface area contributed by atoms with E-state index in [9.17, 15) is 23.8 Å². The third-order valence-electron chi connectivity index (χ3n) is 7.92. The maximum Gasteiger partial charge on any atom is 0.472 e. The molecule has 0 amide bonds. The Morgan fingerprint density at radius 3 is 1.64 bits per heavy atom. The Balaban J connectivity index is 4.44. The van der Waals surface area contributed by atoms with Gasteiger partial charge in [0.15, 0.2) is 11.9 Å². The summed E-state index contributed by atoms with van der Waals surface area (Å²) < 4.78 is 32.6. The van der Waals surface area contributed by atoms with Crippen LogP contribution < -0.4 is 5.73 Å². The summed E-state index contributed by atoms with van der Waals surface area (Å²) in [6, 6.07) is 0. The highest BCUT2D eigenvalue weighted by Crippen LogP contribution is 2.43. The second-order valence-electron chi connectivity index (χ2n) is 13.2. The van der Waals surface area contributed by atoms with Gasteiger partial charge in [0.2, 0.25) is 0 Å². The summed E-state index contributed by atoms with van der Waals surface area (Å²) in [6.45, 7) is 3.36. The van der Waals surface area contributed by atoms with Crippen molar-refractivity contribution in [2.45, 2.75) is 142 Å². The normalized spacial score (nSPS) is 14.2. The van der Waals surface area contributed by atoms with Crippen molar-refractivity contribution in [1.29, 1.82) is 0 Å². The van der Waals surface area contributed by atoms with Crippen LogP contribution in [0.5, 0.6) is 0 Å². The predicted molar refractivity (Wildman–Crippen MR) is 229 cm³/mol. The van der Waals surface area contributed by atoms with Gasteiger partial charge in [-0.3, -0.25) is 23.4 Å². The molecule has 0 saturated carbocycles. The van der Waals surface area contributed by atoms with Gasteiger partial charge in [-0.05, 0) is 83.1 Å². The first kappa shape index (κ1) is 52.6. The number of phosphoric ester groups is 1. The minimum atomic E-state index is -4.42. The second-order valence-corrected chi connectivity index (χ2v) is 14.6. The number of carbonyl (C=O) groups excluding carboxylic acids is 3. The summed E-state index contributed by atoms with van der Waals surface area (Å²) in [5.74, 6) is -0.842. The average Bonchev–Trinajstić information content (AvgIpc) is 3.18. The van der Waals surface area contributed by atoms with Crippen LogP contribution in [0.15, 0.2) is 97.2 Å². The summed E-state index contributed by atoms with van der Waals surface area (Å²) in [6.07, 6.45) is 47.2. The summed E-state index contributed by atoms with van der Waals surface area (Å²) >= 11 is 0. The highest BCUT2D eigenvalue weighted by atomic mass is 31.2. The van der Waals surface area contributed by atoms with Gasteiger partial charge in [0.05, 0.1) is 13.2 Å². The van der Waals surface area contributed by atoms with Gasteiger partial charge >= 0.3 is 19.8 Å². The van der Waals surface area contributed by atoms with E-state index in [1.165, 1.54) is 19.3 Å². The Kier molecular flexibility index (Phi) is 37.4. The van der Waals surface area contributed by atoms with Gasteiger partial charge in [-0.25, -0.2) is 4.57 Å². The SMILES string of the molecule is CCCCC/C=C\C/C=C\C/C=C\C/C=C\CCCC(=O)O[C@H](COC(=O)CCC/C=C\C/C=C\C/C=C\C=C\C(=O)CCCCC)COP(=O)(O)OCCN. The number of ketones is 1. The van der Waals surface area contributed by atoms with Crippen molar-refractivity contribution in [3.05, 3.63) is 97.2 Å². The monoisotopic (exact) mass is 801 g/mol. The van der Waals surface area contributed by atoms with Crippen LogP contribution in [0.1, 0.15) is 136 Å². The highest BCUT2D eigenvalue weighted by molar-refractivity contribution is 7.47. The number of esters is 2. The molecule has 2 atom stereocenters. The van der Waals surface area contributed by atoms with Gasteiger partial charge in [0.1, 0.15) is 6.61 Å². The van der Waals surface area contributed by atoms with Crippen LogP contribution in [-0.2, 0) is 37.5 Å². The molecule has 11 heteroatoms. The molecule has 0 spiro atoms. The van der Waals surface area contributed by atoms with Crippen LogP contribution in [0.2, 0.25) is 0 Å². The lowest BCUT2D eigenvalue weighted by molar-refractivity contribution is -0.161. The Labute approximate surface area is 338 Å². The molecule has 10 nitrogen and oxygen atoms in total. The molecule has 0 saturated heterocycles. The molecule has 0 aliphatic heterocycles. The topological polar surface area (TPSA) is 151 Å². The molecule has 0 aromatic heterocycles. The number of unbranched alkanes of at least 4 members (excludes halogenated alkanes) is 7. The van der Waals surface area contributed by atoms with Gasteiger partial charge in [0, 0.05) is 25.8 Å². The summed E-state index contributed by atoms with van der Waals surface area (Å²) in [7, 11) is -4.42. The van der Waals surface area contributed by atoms with Crippen molar-refractivity contribution in [2.75, 3.05) is 26.4 Å². The molecular formula is C45H72NO9P. The number of carbonyl (C=O) groups is 3. The first-order valence-electron chi connectivity index (χ1n) is 20.7. The largest absolute Gasteiger partial charge is 0.472 e. The molecule has 0 bridgehead atoms. The fourth-order valence-corrected chi connectivity index (χ4v) is 5.57. The second kappa shape index (κ2) is 39.8. The van der Waals surface area contributed by atoms with E-state index in [0.29, 0.717) is 32.1 Å².